The van der Waals surface area contributed by atoms with Gasteiger partial charge in [0, 0.05) is 18.0 Å². The lowest BCUT2D eigenvalue weighted by Gasteiger charge is -2.18. The van der Waals surface area contributed by atoms with Gasteiger partial charge in [0.25, 0.3) is 0 Å². The molecule has 4 aromatic rings. The molecule has 2 atom stereocenters. The number of aliphatic hydroxyl groups excluding tert-OH is 1. The maximum atomic E-state index is 10.4. The Hall–Kier alpha value is -3.47. The molecule has 2 aromatic heterocycles. The molecule has 0 radical (unpaired) electrons. The van der Waals surface area contributed by atoms with Crippen LogP contribution in [0.15, 0.2) is 59.3 Å². The van der Waals surface area contributed by atoms with Crippen molar-refractivity contribution in [2.45, 2.75) is 32.3 Å². The average Bonchev–Trinajstić information content (AvgIpc) is 3.47. The Morgan fingerprint density at radius 3 is 2.61 bits per heavy atom. The van der Waals surface area contributed by atoms with Gasteiger partial charge in [-0.15, -0.1) is 10.2 Å². The lowest BCUT2D eigenvalue weighted by atomic mass is 9.92. The predicted octanol–water partition coefficient (Wildman–Crippen LogP) is 5.14. The Morgan fingerprint density at radius 2 is 1.97 bits per heavy atom. The summed E-state index contributed by atoms with van der Waals surface area (Å²) in [6.45, 7) is 10.8. The zero-order valence-electron chi connectivity index (χ0n) is 17.0. The van der Waals surface area contributed by atoms with Crippen LogP contribution in [0, 0.1) is 13.5 Å². The predicted molar refractivity (Wildman–Crippen MR) is 117 cm³/mol. The topological polar surface area (TPSA) is 81.3 Å². The molecule has 0 saturated heterocycles. The van der Waals surface area contributed by atoms with Gasteiger partial charge in [-0.3, -0.25) is 0 Å². The number of hydrogen-bond acceptors (Lipinski definition) is 5. The summed E-state index contributed by atoms with van der Waals surface area (Å²) in [4.78, 5) is 3.43. The van der Waals surface area contributed by atoms with Crippen LogP contribution in [0.25, 0.3) is 22.0 Å². The Bertz CT molecular complexity index is 1220. The molecule has 0 bridgehead atoms. The molecule has 0 aliphatic rings. The third-order valence-electron chi connectivity index (χ3n) is 5.26. The normalized spacial score (nSPS) is 13.0. The van der Waals surface area contributed by atoms with E-state index in [-0.39, 0.29) is 0 Å². The zero-order valence-corrected chi connectivity index (χ0v) is 17.8. The standard InChI is InChI=1S/C23H20ClN5O2/c1-14-17(7-10-20(25-3)21(14)24)13-19(15(2)30)23-28-27-22(31-23)16-5-8-18(9-6-16)29-12-4-11-26-29/h4-12,15,19,30H,13H2,1-2H3/t15-,19+/m0/s1. The van der Waals surface area contributed by atoms with E-state index < -0.39 is 12.0 Å². The molecule has 0 spiro atoms. The maximum Gasteiger partial charge on any atom is 0.247 e. The minimum atomic E-state index is -0.714. The molecule has 0 fully saturated rings. The number of aromatic nitrogens is 4. The second-order valence-corrected chi connectivity index (χ2v) is 7.67. The van der Waals surface area contributed by atoms with Crippen molar-refractivity contribution < 1.29 is 9.52 Å². The minimum Gasteiger partial charge on any atom is -0.420 e. The van der Waals surface area contributed by atoms with Crippen molar-refractivity contribution >= 4 is 17.3 Å². The van der Waals surface area contributed by atoms with E-state index in [0.29, 0.717) is 28.9 Å². The highest BCUT2D eigenvalue weighted by Gasteiger charge is 2.26. The Balaban J connectivity index is 1.59. The highest BCUT2D eigenvalue weighted by atomic mass is 35.5. The van der Waals surface area contributed by atoms with E-state index in [2.05, 4.69) is 20.1 Å². The van der Waals surface area contributed by atoms with Gasteiger partial charge in [0.15, 0.2) is 0 Å². The Morgan fingerprint density at radius 1 is 1.19 bits per heavy atom. The van der Waals surface area contributed by atoms with E-state index in [4.69, 9.17) is 22.6 Å². The lowest BCUT2D eigenvalue weighted by Crippen LogP contribution is -2.18. The van der Waals surface area contributed by atoms with Gasteiger partial charge in [-0.1, -0.05) is 23.7 Å². The van der Waals surface area contributed by atoms with E-state index in [1.54, 1.807) is 23.9 Å². The van der Waals surface area contributed by atoms with Crippen LogP contribution in [0.2, 0.25) is 5.02 Å². The van der Waals surface area contributed by atoms with Gasteiger partial charge >= 0.3 is 0 Å². The second-order valence-electron chi connectivity index (χ2n) is 7.29. The maximum absolute atomic E-state index is 10.4. The fraction of sp³-hybridized carbons (Fsp3) is 0.217. The number of hydrogen-bond donors (Lipinski definition) is 1. The third-order valence-corrected chi connectivity index (χ3v) is 5.74. The highest BCUT2D eigenvalue weighted by molar-refractivity contribution is 6.34. The molecule has 0 aliphatic heterocycles. The summed E-state index contributed by atoms with van der Waals surface area (Å²) in [5, 5.41) is 23.4. The molecule has 1 N–H and O–H groups in total. The molecule has 156 valence electrons. The zero-order chi connectivity index (χ0) is 22.0. The van der Waals surface area contributed by atoms with Crippen molar-refractivity contribution in [2.24, 2.45) is 0 Å². The SMILES string of the molecule is [C-]#[N+]c1ccc(C[C@@H](c2nnc(-c3ccc(-n4cccn4)cc3)o2)[C@H](C)O)c(C)c1Cl. The minimum absolute atomic E-state index is 0.353. The van der Waals surface area contributed by atoms with Crippen molar-refractivity contribution in [1.29, 1.82) is 0 Å². The molecule has 7 nitrogen and oxygen atoms in total. The number of aliphatic hydroxyl groups is 1. The van der Waals surface area contributed by atoms with Crippen molar-refractivity contribution in [3.8, 4) is 17.1 Å². The van der Waals surface area contributed by atoms with E-state index >= 15 is 0 Å². The Kier molecular flexibility index (Phi) is 5.85. The summed E-state index contributed by atoms with van der Waals surface area (Å²) in [5.74, 6) is 0.329. The summed E-state index contributed by atoms with van der Waals surface area (Å²) < 4.78 is 7.69. The number of benzene rings is 2. The summed E-state index contributed by atoms with van der Waals surface area (Å²) >= 11 is 6.31. The highest BCUT2D eigenvalue weighted by Crippen LogP contribution is 2.34. The van der Waals surface area contributed by atoms with Crippen LogP contribution in [-0.4, -0.2) is 31.2 Å². The first kappa shape index (κ1) is 20.8. The summed E-state index contributed by atoms with van der Waals surface area (Å²) in [6.07, 6.45) is 3.33. The van der Waals surface area contributed by atoms with Gasteiger partial charge in [-0.2, -0.15) is 5.10 Å². The molecule has 0 amide bonds. The van der Waals surface area contributed by atoms with Gasteiger partial charge in [-0.05, 0) is 61.7 Å². The lowest BCUT2D eigenvalue weighted by molar-refractivity contribution is 0.148. The molecule has 4 rings (SSSR count). The van der Waals surface area contributed by atoms with Crippen molar-refractivity contribution in [3.63, 3.8) is 0 Å². The molecule has 8 heteroatoms. The average molecular weight is 434 g/mol. The quantitative estimate of drug-likeness (QED) is 0.425. The summed E-state index contributed by atoms with van der Waals surface area (Å²) in [5.41, 5.74) is 3.85. The van der Waals surface area contributed by atoms with Crippen LogP contribution in [0.1, 0.15) is 29.9 Å². The molecule has 2 aromatic carbocycles. The monoisotopic (exact) mass is 433 g/mol. The van der Waals surface area contributed by atoms with Gasteiger partial charge in [0.05, 0.1) is 29.3 Å². The number of halogens is 1. The van der Waals surface area contributed by atoms with E-state index in [1.807, 2.05) is 49.5 Å². The van der Waals surface area contributed by atoms with Gasteiger partial charge < -0.3 is 9.52 Å². The van der Waals surface area contributed by atoms with Crippen LogP contribution in [0.3, 0.4) is 0 Å². The fourth-order valence-corrected chi connectivity index (χ4v) is 3.63. The van der Waals surface area contributed by atoms with Crippen LogP contribution in [0.4, 0.5) is 5.69 Å². The molecule has 2 heterocycles. The first-order valence-corrected chi connectivity index (χ1v) is 10.1. The van der Waals surface area contributed by atoms with E-state index in [9.17, 15) is 5.11 Å². The van der Waals surface area contributed by atoms with Gasteiger partial charge in [0.2, 0.25) is 17.5 Å². The largest absolute Gasteiger partial charge is 0.420 e. The second kappa shape index (κ2) is 8.72. The van der Waals surface area contributed by atoms with Crippen LogP contribution in [-0.2, 0) is 6.42 Å². The smallest absolute Gasteiger partial charge is 0.247 e. The van der Waals surface area contributed by atoms with Gasteiger partial charge in [0.1, 0.15) is 0 Å². The van der Waals surface area contributed by atoms with Crippen LogP contribution >= 0.6 is 11.6 Å². The van der Waals surface area contributed by atoms with Gasteiger partial charge in [-0.25, -0.2) is 9.53 Å². The third kappa shape index (κ3) is 4.22. The fourth-order valence-electron chi connectivity index (χ4n) is 3.40. The van der Waals surface area contributed by atoms with E-state index in [1.165, 1.54) is 0 Å². The summed E-state index contributed by atoms with van der Waals surface area (Å²) in [6, 6.07) is 13.0. The van der Waals surface area contributed by atoms with Crippen molar-refractivity contribution in [1.82, 2.24) is 20.0 Å². The number of rotatable bonds is 6. The molecule has 0 saturated carbocycles. The van der Waals surface area contributed by atoms with E-state index in [0.717, 1.165) is 22.4 Å². The first-order valence-electron chi connectivity index (χ1n) is 9.75. The summed E-state index contributed by atoms with van der Waals surface area (Å²) in [7, 11) is 0. The first-order chi connectivity index (χ1) is 15.0. The van der Waals surface area contributed by atoms with Crippen LogP contribution in [0.5, 0.6) is 0 Å². The molecular formula is C23H20ClN5O2. The van der Waals surface area contributed by atoms with Crippen molar-refractivity contribution in [3.05, 3.63) is 88.3 Å². The molecule has 0 aliphatic carbocycles. The number of nitrogens with zero attached hydrogens (tertiary/aromatic N) is 5. The molecular weight excluding hydrogens is 414 g/mol. The van der Waals surface area contributed by atoms with Crippen LogP contribution < -0.4 is 0 Å². The van der Waals surface area contributed by atoms with Crippen molar-refractivity contribution in [2.75, 3.05) is 0 Å². The Labute approximate surface area is 184 Å². The molecule has 31 heavy (non-hydrogen) atoms. The molecule has 0 unspecified atom stereocenters.